The lowest BCUT2D eigenvalue weighted by Gasteiger charge is -2.39. The average Bonchev–Trinajstić information content (AvgIpc) is 2.47. The number of piperidine rings is 1. The molecule has 21 heavy (non-hydrogen) atoms. The van der Waals surface area contributed by atoms with Gasteiger partial charge in [-0.3, -0.25) is 0 Å². The molecule has 0 atom stereocenters. The minimum atomic E-state index is -0.983. The molecule has 0 unspecified atom stereocenters. The minimum Gasteiger partial charge on any atom is -0.478 e. The summed E-state index contributed by atoms with van der Waals surface area (Å²) in [6.07, 6.45) is 1.94. The van der Waals surface area contributed by atoms with E-state index in [4.69, 9.17) is 5.11 Å². The fourth-order valence-corrected chi connectivity index (χ4v) is 3.40. The molecule has 2 amide bonds. The lowest BCUT2D eigenvalue weighted by atomic mass is 10.0. The third-order valence-corrected chi connectivity index (χ3v) is 5.02. The van der Waals surface area contributed by atoms with Crippen molar-refractivity contribution < 1.29 is 14.7 Å². The van der Waals surface area contributed by atoms with Crippen LogP contribution in [0.15, 0.2) is 18.2 Å². The number of nitrogens with zero attached hydrogens (tertiary/aromatic N) is 2. The monoisotopic (exact) mass is 401 g/mol. The van der Waals surface area contributed by atoms with Gasteiger partial charge in [-0.1, -0.05) is 6.07 Å². The van der Waals surface area contributed by atoms with Gasteiger partial charge < -0.3 is 15.3 Å². The largest absolute Gasteiger partial charge is 0.478 e. The van der Waals surface area contributed by atoms with E-state index in [9.17, 15) is 9.59 Å². The number of nitrogens with one attached hydrogen (secondary N) is 1. The molecule has 1 fully saturated rings. The van der Waals surface area contributed by atoms with Gasteiger partial charge in [0.2, 0.25) is 0 Å². The van der Waals surface area contributed by atoms with Gasteiger partial charge in [0.05, 0.1) is 5.56 Å². The summed E-state index contributed by atoms with van der Waals surface area (Å²) < 4.78 is 2.24. The molecule has 2 aliphatic heterocycles. The number of carboxylic acid groups (broad SMARTS) is 1. The molecule has 1 saturated heterocycles. The van der Waals surface area contributed by atoms with Crippen molar-refractivity contribution in [2.75, 3.05) is 18.4 Å². The molecule has 6 nitrogen and oxygen atoms in total. The molecule has 0 saturated carbocycles. The van der Waals surface area contributed by atoms with E-state index in [2.05, 4.69) is 31.3 Å². The Morgan fingerprint density at radius 2 is 2.05 bits per heavy atom. The van der Waals surface area contributed by atoms with E-state index in [0.717, 1.165) is 31.5 Å². The molecule has 0 aliphatic carbocycles. The summed E-state index contributed by atoms with van der Waals surface area (Å²) in [7, 11) is 0. The highest BCUT2D eigenvalue weighted by Crippen LogP contribution is 2.29. The van der Waals surface area contributed by atoms with Gasteiger partial charge in [0.15, 0.2) is 0 Å². The second kappa shape index (κ2) is 5.80. The van der Waals surface area contributed by atoms with E-state index in [-0.39, 0.29) is 17.6 Å². The summed E-state index contributed by atoms with van der Waals surface area (Å²) in [6, 6.07) is 5.03. The lowest BCUT2D eigenvalue weighted by Crippen LogP contribution is -2.48. The zero-order valence-electron chi connectivity index (χ0n) is 11.4. The quantitative estimate of drug-likeness (QED) is 0.590. The number of urea groups is 1. The van der Waals surface area contributed by atoms with Crippen LogP contribution < -0.4 is 5.32 Å². The SMILES string of the molecule is O=C(O)c1ccc2c(c1)NC(=O)N(C1CCN(I)CC1)C2. The van der Waals surface area contributed by atoms with E-state index >= 15 is 0 Å². The number of anilines is 1. The molecule has 0 radical (unpaired) electrons. The topological polar surface area (TPSA) is 72.9 Å². The van der Waals surface area contributed by atoms with Crippen molar-refractivity contribution in [1.29, 1.82) is 0 Å². The molecular formula is C14H16IN3O3. The first-order valence-corrected chi connectivity index (χ1v) is 7.85. The highest BCUT2D eigenvalue weighted by atomic mass is 127. The summed E-state index contributed by atoms with van der Waals surface area (Å²) in [5.74, 6) is -0.983. The summed E-state index contributed by atoms with van der Waals surface area (Å²) in [5, 5.41) is 11.8. The normalized spacial score (nSPS) is 20.0. The standard InChI is InChI=1S/C14H16IN3O3/c15-17-5-3-11(4-6-17)18-8-10-2-1-9(13(19)20)7-12(10)16-14(18)21/h1-2,7,11H,3-6,8H2,(H,16,21)(H,19,20). The third kappa shape index (κ3) is 2.98. The number of amides is 2. The number of carbonyl (C=O) groups excluding carboxylic acids is 1. The molecule has 0 aromatic heterocycles. The van der Waals surface area contributed by atoms with Crippen molar-refractivity contribution in [3.8, 4) is 0 Å². The Hall–Kier alpha value is -1.35. The average molecular weight is 401 g/mol. The van der Waals surface area contributed by atoms with E-state index in [1.54, 1.807) is 12.1 Å². The Balaban J connectivity index is 1.79. The van der Waals surface area contributed by atoms with Crippen LogP contribution >= 0.6 is 22.9 Å². The summed E-state index contributed by atoms with van der Waals surface area (Å²) in [6.45, 7) is 2.52. The van der Waals surface area contributed by atoms with Gasteiger partial charge in [-0.2, -0.15) is 0 Å². The maximum Gasteiger partial charge on any atom is 0.335 e. The molecule has 2 N–H and O–H groups in total. The van der Waals surface area contributed by atoms with E-state index in [0.29, 0.717) is 12.2 Å². The van der Waals surface area contributed by atoms with E-state index in [1.807, 2.05) is 4.90 Å². The molecule has 0 spiro atoms. The molecule has 7 heteroatoms. The molecule has 112 valence electrons. The van der Waals surface area contributed by atoms with Crippen LogP contribution in [0, 0.1) is 0 Å². The molecule has 3 rings (SSSR count). The molecule has 2 heterocycles. The molecule has 0 bridgehead atoms. The smallest absolute Gasteiger partial charge is 0.335 e. The number of fused-ring (bicyclic) bond motifs is 1. The predicted octanol–water partition coefficient (Wildman–Crippen LogP) is 2.55. The van der Waals surface area contributed by atoms with E-state index < -0.39 is 5.97 Å². The zero-order chi connectivity index (χ0) is 15.0. The Kier molecular flexibility index (Phi) is 4.03. The van der Waals surface area contributed by atoms with Gasteiger partial charge >= 0.3 is 12.0 Å². The third-order valence-electron chi connectivity index (χ3n) is 4.05. The second-order valence-electron chi connectivity index (χ2n) is 5.38. The molecular weight excluding hydrogens is 385 g/mol. The highest BCUT2D eigenvalue weighted by Gasteiger charge is 2.31. The second-order valence-corrected chi connectivity index (χ2v) is 6.74. The fourth-order valence-electron chi connectivity index (χ4n) is 2.85. The number of hydrogen-bond donors (Lipinski definition) is 2. The Morgan fingerprint density at radius 1 is 1.33 bits per heavy atom. The fraction of sp³-hybridized carbons (Fsp3) is 0.429. The number of hydrogen-bond acceptors (Lipinski definition) is 3. The lowest BCUT2D eigenvalue weighted by molar-refractivity contribution is 0.0696. The van der Waals surface area contributed by atoms with Crippen molar-refractivity contribution in [3.63, 3.8) is 0 Å². The number of halogens is 1. The van der Waals surface area contributed by atoms with Crippen LogP contribution in [0.5, 0.6) is 0 Å². The maximum absolute atomic E-state index is 12.3. The van der Waals surface area contributed by atoms with Gasteiger partial charge in [-0.15, -0.1) is 0 Å². The van der Waals surface area contributed by atoms with Crippen molar-refractivity contribution in [3.05, 3.63) is 29.3 Å². The number of benzene rings is 1. The number of carboxylic acids is 1. The molecule has 1 aromatic carbocycles. The number of rotatable bonds is 2. The molecule has 1 aromatic rings. The van der Waals surface area contributed by atoms with Crippen LogP contribution in [0.25, 0.3) is 0 Å². The summed E-state index contributed by atoms with van der Waals surface area (Å²) in [4.78, 5) is 25.1. The summed E-state index contributed by atoms with van der Waals surface area (Å²) in [5.41, 5.74) is 1.78. The van der Waals surface area contributed by atoms with Crippen molar-refractivity contribution in [2.24, 2.45) is 0 Å². The first kappa shape index (κ1) is 14.6. The Morgan fingerprint density at radius 3 is 2.71 bits per heavy atom. The summed E-state index contributed by atoms with van der Waals surface area (Å²) >= 11 is 2.31. The van der Waals surface area contributed by atoms with Crippen LogP contribution in [-0.2, 0) is 6.54 Å². The minimum absolute atomic E-state index is 0.128. The van der Waals surface area contributed by atoms with Crippen LogP contribution in [0.1, 0.15) is 28.8 Å². The Bertz CT molecular complexity index is 585. The van der Waals surface area contributed by atoms with Gasteiger partial charge in [0, 0.05) is 54.2 Å². The maximum atomic E-state index is 12.3. The van der Waals surface area contributed by atoms with Gasteiger partial charge in [0.1, 0.15) is 0 Å². The van der Waals surface area contributed by atoms with E-state index in [1.165, 1.54) is 6.07 Å². The van der Waals surface area contributed by atoms with Crippen molar-refractivity contribution in [1.82, 2.24) is 8.01 Å². The van der Waals surface area contributed by atoms with Gasteiger partial charge in [-0.25, -0.2) is 12.7 Å². The van der Waals surface area contributed by atoms with Gasteiger partial charge in [-0.05, 0) is 30.5 Å². The Labute approximate surface area is 136 Å². The van der Waals surface area contributed by atoms with Crippen LogP contribution in [-0.4, -0.2) is 44.3 Å². The zero-order valence-corrected chi connectivity index (χ0v) is 13.5. The van der Waals surface area contributed by atoms with Crippen LogP contribution in [0.3, 0.4) is 0 Å². The van der Waals surface area contributed by atoms with Crippen molar-refractivity contribution in [2.45, 2.75) is 25.4 Å². The van der Waals surface area contributed by atoms with Crippen LogP contribution in [0.2, 0.25) is 0 Å². The first-order chi connectivity index (χ1) is 10.0. The highest BCUT2D eigenvalue weighted by molar-refractivity contribution is 14.1. The number of aromatic carboxylic acids is 1. The van der Waals surface area contributed by atoms with Crippen LogP contribution in [0.4, 0.5) is 10.5 Å². The van der Waals surface area contributed by atoms with Gasteiger partial charge in [0.25, 0.3) is 0 Å². The molecule has 2 aliphatic rings. The predicted molar refractivity (Wildman–Crippen MR) is 86.6 cm³/mol. The first-order valence-electron chi connectivity index (χ1n) is 6.89. The number of carbonyl (C=O) groups is 2. The van der Waals surface area contributed by atoms with Crippen molar-refractivity contribution >= 4 is 40.6 Å².